The fourth-order valence-electron chi connectivity index (χ4n) is 2.50. The molecule has 0 aliphatic carbocycles. The molecule has 1 aliphatic heterocycles. The lowest BCUT2D eigenvalue weighted by molar-refractivity contribution is -0.146. The van der Waals surface area contributed by atoms with E-state index in [4.69, 9.17) is 4.74 Å². The molecule has 5 heteroatoms. The number of carbonyl (C=O) groups is 1. The molecule has 2 atom stereocenters. The van der Waals surface area contributed by atoms with Crippen molar-refractivity contribution in [2.45, 2.75) is 51.3 Å². The van der Waals surface area contributed by atoms with Crippen LogP contribution in [0.1, 0.15) is 36.9 Å². The van der Waals surface area contributed by atoms with Crippen LogP contribution in [0.2, 0.25) is 0 Å². The molecule has 0 radical (unpaired) electrons. The molecule has 2 rings (SSSR count). The van der Waals surface area contributed by atoms with Crippen molar-refractivity contribution in [2.24, 2.45) is 0 Å². The van der Waals surface area contributed by atoms with Gasteiger partial charge in [-0.25, -0.2) is 0 Å². The molecule has 1 aromatic rings. The Labute approximate surface area is 124 Å². The van der Waals surface area contributed by atoms with Gasteiger partial charge in [0.15, 0.2) is 0 Å². The van der Waals surface area contributed by atoms with Gasteiger partial charge in [0.25, 0.3) is 0 Å². The van der Waals surface area contributed by atoms with Crippen LogP contribution in [0, 0.1) is 0 Å². The summed E-state index contributed by atoms with van der Waals surface area (Å²) in [4.78, 5) is 16.3. The van der Waals surface area contributed by atoms with E-state index in [1.54, 1.807) is 11.3 Å². The van der Waals surface area contributed by atoms with Crippen molar-refractivity contribution < 1.29 is 14.6 Å². The highest BCUT2D eigenvalue weighted by atomic mass is 32.1. The zero-order valence-electron chi connectivity index (χ0n) is 12.5. The standard InChI is InChI=1S/C15H23NO3S/c1-15(2,3)13-6-5-11(20-13)9-16-8-10(17)7-12(16)14(18)19-4/h5-6,10,12,17H,7-9H2,1-4H3/t10-,12-/m0/s1. The van der Waals surface area contributed by atoms with Crippen molar-refractivity contribution in [2.75, 3.05) is 13.7 Å². The summed E-state index contributed by atoms with van der Waals surface area (Å²) in [5.41, 5.74) is 0.148. The highest BCUT2D eigenvalue weighted by Gasteiger charge is 2.36. The summed E-state index contributed by atoms with van der Waals surface area (Å²) in [6.45, 7) is 7.80. The molecule has 1 fully saturated rings. The van der Waals surface area contributed by atoms with E-state index >= 15 is 0 Å². The van der Waals surface area contributed by atoms with E-state index in [9.17, 15) is 9.90 Å². The summed E-state index contributed by atoms with van der Waals surface area (Å²) in [5.74, 6) is -0.255. The van der Waals surface area contributed by atoms with Crippen LogP contribution in [0.4, 0.5) is 0 Å². The molecule has 1 N–H and O–H groups in total. The number of esters is 1. The predicted molar refractivity (Wildman–Crippen MR) is 79.9 cm³/mol. The quantitative estimate of drug-likeness (QED) is 0.869. The number of likely N-dealkylation sites (tertiary alicyclic amines) is 1. The largest absolute Gasteiger partial charge is 0.468 e. The van der Waals surface area contributed by atoms with Crippen LogP contribution in [-0.2, 0) is 21.5 Å². The topological polar surface area (TPSA) is 49.8 Å². The van der Waals surface area contributed by atoms with Gasteiger partial charge in [-0.05, 0) is 17.5 Å². The zero-order valence-corrected chi connectivity index (χ0v) is 13.4. The summed E-state index contributed by atoms with van der Waals surface area (Å²) in [7, 11) is 1.40. The highest BCUT2D eigenvalue weighted by Crippen LogP contribution is 2.31. The normalized spacial score (nSPS) is 24.1. The van der Waals surface area contributed by atoms with Crippen LogP contribution in [0.25, 0.3) is 0 Å². The maximum Gasteiger partial charge on any atom is 0.323 e. The second-order valence-electron chi connectivity index (χ2n) is 6.37. The number of nitrogens with zero attached hydrogens (tertiary/aromatic N) is 1. The van der Waals surface area contributed by atoms with Gasteiger partial charge >= 0.3 is 5.97 Å². The second-order valence-corrected chi connectivity index (χ2v) is 7.54. The first-order valence-corrected chi connectivity index (χ1v) is 7.72. The van der Waals surface area contributed by atoms with E-state index in [1.165, 1.54) is 16.9 Å². The Kier molecular flexibility index (Phi) is 4.52. The smallest absolute Gasteiger partial charge is 0.323 e. The van der Waals surface area contributed by atoms with Crippen LogP contribution in [-0.4, -0.2) is 41.8 Å². The maximum absolute atomic E-state index is 11.8. The molecule has 1 aromatic heterocycles. The maximum atomic E-state index is 11.8. The summed E-state index contributed by atoms with van der Waals surface area (Å²) in [5, 5.41) is 9.78. The second kappa shape index (κ2) is 5.84. The number of rotatable bonds is 3. The molecule has 1 aliphatic rings. The number of thiophene rings is 1. The monoisotopic (exact) mass is 297 g/mol. The molecule has 0 bridgehead atoms. The Balaban J connectivity index is 2.08. The van der Waals surface area contributed by atoms with Crippen molar-refractivity contribution in [1.29, 1.82) is 0 Å². The molecule has 0 unspecified atom stereocenters. The lowest BCUT2D eigenvalue weighted by Gasteiger charge is -2.21. The third-order valence-corrected chi connectivity index (χ3v) is 5.11. The molecule has 0 aromatic carbocycles. The van der Waals surface area contributed by atoms with Crippen LogP contribution < -0.4 is 0 Å². The fourth-order valence-corrected chi connectivity index (χ4v) is 3.59. The molecule has 20 heavy (non-hydrogen) atoms. The summed E-state index contributed by atoms with van der Waals surface area (Å²) in [6.07, 6.45) is 0.0191. The van der Waals surface area contributed by atoms with E-state index in [1.807, 2.05) is 4.90 Å². The van der Waals surface area contributed by atoms with Gasteiger partial charge < -0.3 is 9.84 Å². The van der Waals surface area contributed by atoms with Gasteiger partial charge in [0, 0.05) is 29.3 Å². The average Bonchev–Trinajstić information content (AvgIpc) is 2.95. The number of aliphatic hydroxyl groups is 1. The van der Waals surface area contributed by atoms with Crippen LogP contribution in [0.3, 0.4) is 0 Å². The number of β-amino-alcohol motifs (C(OH)–C–C–N with tert-alkyl or cyclic N) is 1. The number of hydrogen-bond acceptors (Lipinski definition) is 5. The molecular formula is C15H23NO3S. The number of aliphatic hydroxyl groups excluding tert-OH is 1. The first kappa shape index (κ1) is 15.5. The van der Waals surface area contributed by atoms with Gasteiger partial charge in [-0.1, -0.05) is 20.8 Å². The number of carbonyl (C=O) groups excluding carboxylic acids is 1. The molecule has 2 heterocycles. The molecule has 1 saturated heterocycles. The average molecular weight is 297 g/mol. The molecule has 4 nitrogen and oxygen atoms in total. The van der Waals surface area contributed by atoms with Crippen molar-refractivity contribution >= 4 is 17.3 Å². The predicted octanol–water partition coefficient (Wildman–Crippen LogP) is 2.15. The fraction of sp³-hybridized carbons (Fsp3) is 0.667. The molecule has 0 saturated carbocycles. The van der Waals surface area contributed by atoms with Crippen molar-refractivity contribution in [3.8, 4) is 0 Å². The van der Waals surface area contributed by atoms with Crippen molar-refractivity contribution in [3.05, 3.63) is 21.9 Å². The summed E-state index contributed by atoms with van der Waals surface area (Å²) in [6, 6.07) is 3.94. The van der Waals surface area contributed by atoms with E-state index < -0.39 is 6.10 Å². The van der Waals surface area contributed by atoms with Crippen LogP contribution in [0.5, 0.6) is 0 Å². The van der Waals surface area contributed by atoms with Gasteiger partial charge in [0.2, 0.25) is 0 Å². The Hall–Kier alpha value is -0.910. The summed E-state index contributed by atoms with van der Waals surface area (Å²) < 4.78 is 4.82. The third-order valence-electron chi connectivity index (χ3n) is 3.61. The van der Waals surface area contributed by atoms with E-state index in [0.717, 1.165) is 0 Å². The minimum atomic E-state index is -0.443. The van der Waals surface area contributed by atoms with Gasteiger partial charge in [-0.15, -0.1) is 11.3 Å². The number of methoxy groups -OCH3 is 1. The van der Waals surface area contributed by atoms with E-state index in [2.05, 4.69) is 32.9 Å². The first-order chi connectivity index (χ1) is 9.31. The molecule has 0 amide bonds. The summed E-state index contributed by atoms with van der Waals surface area (Å²) >= 11 is 1.77. The lowest BCUT2D eigenvalue weighted by Crippen LogP contribution is -2.36. The Morgan fingerprint density at radius 2 is 2.20 bits per heavy atom. The SMILES string of the molecule is COC(=O)[C@@H]1C[C@H](O)CN1Cc1ccc(C(C)(C)C)s1. The molecule has 112 valence electrons. The van der Waals surface area contributed by atoms with Gasteiger partial charge in [-0.2, -0.15) is 0 Å². The minimum absolute atomic E-state index is 0.148. The van der Waals surface area contributed by atoms with E-state index in [0.29, 0.717) is 19.5 Å². The Morgan fingerprint density at radius 1 is 1.50 bits per heavy atom. The van der Waals surface area contributed by atoms with Gasteiger partial charge in [0.1, 0.15) is 6.04 Å². The minimum Gasteiger partial charge on any atom is -0.468 e. The first-order valence-electron chi connectivity index (χ1n) is 6.90. The zero-order chi connectivity index (χ0) is 14.9. The van der Waals surface area contributed by atoms with Gasteiger partial charge in [0.05, 0.1) is 13.2 Å². The lowest BCUT2D eigenvalue weighted by atomic mass is 9.95. The Morgan fingerprint density at radius 3 is 2.75 bits per heavy atom. The van der Waals surface area contributed by atoms with E-state index in [-0.39, 0.29) is 17.4 Å². The van der Waals surface area contributed by atoms with Crippen molar-refractivity contribution in [1.82, 2.24) is 4.90 Å². The number of ether oxygens (including phenoxy) is 1. The van der Waals surface area contributed by atoms with Gasteiger partial charge in [-0.3, -0.25) is 9.69 Å². The van der Waals surface area contributed by atoms with Crippen LogP contribution >= 0.6 is 11.3 Å². The Bertz CT molecular complexity index is 478. The van der Waals surface area contributed by atoms with Crippen LogP contribution in [0.15, 0.2) is 12.1 Å². The molecule has 0 spiro atoms. The number of hydrogen-bond donors (Lipinski definition) is 1. The third kappa shape index (κ3) is 3.40. The molecular weight excluding hydrogens is 274 g/mol. The van der Waals surface area contributed by atoms with Crippen molar-refractivity contribution in [3.63, 3.8) is 0 Å². The highest BCUT2D eigenvalue weighted by molar-refractivity contribution is 7.12.